The summed E-state index contributed by atoms with van der Waals surface area (Å²) >= 11 is 0. The van der Waals surface area contributed by atoms with Crippen molar-refractivity contribution in [2.75, 3.05) is 0 Å². The van der Waals surface area contributed by atoms with E-state index in [0.717, 1.165) is 10.6 Å². The van der Waals surface area contributed by atoms with E-state index in [1.165, 1.54) is 6.92 Å². The SMILES string of the molecule is C[C@]1(O)N(N)C(=O)O[C@@]1(C)Cc1ccccc1. The Hall–Kier alpha value is -1.59. The zero-order chi connectivity index (χ0) is 12.7. The van der Waals surface area contributed by atoms with Crippen molar-refractivity contribution in [2.45, 2.75) is 31.6 Å². The molecule has 0 radical (unpaired) electrons. The Bertz CT molecular complexity index is 433. The van der Waals surface area contributed by atoms with Crippen LogP contribution in [0.3, 0.4) is 0 Å². The molecule has 0 unspecified atom stereocenters. The van der Waals surface area contributed by atoms with E-state index in [2.05, 4.69) is 0 Å². The van der Waals surface area contributed by atoms with Gasteiger partial charge in [0.15, 0.2) is 11.3 Å². The molecular formula is C12H16N2O3. The first-order chi connectivity index (χ1) is 7.87. The van der Waals surface area contributed by atoms with Crippen molar-refractivity contribution in [3.8, 4) is 0 Å². The smallest absolute Gasteiger partial charge is 0.427 e. The van der Waals surface area contributed by atoms with Crippen molar-refractivity contribution in [3.63, 3.8) is 0 Å². The Labute approximate surface area is 99.8 Å². The molecule has 3 N–H and O–H groups in total. The summed E-state index contributed by atoms with van der Waals surface area (Å²) in [5.41, 5.74) is -1.61. The maximum atomic E-state index is 11.4. The van der Waals surface area contributed by atoms with Gasteiger partial charge in [-0.2, -0.15) is 0 Å². The molecule has 1 aliphatic rings. The van der Waals surface area contributed by atoms with Crippen molar-refractivity contribution in [3.05, 3.63) is 35.9 Å². The number of rotatable bonds is 2. The molecule has 1 aromatic carbocycles. The molecule has 0 aromatic heterocycles. The molecule has 1 amide bonds. The molecule has 1 heterocycles. The number of amides is 1. The number of ether oxygens (including phenoxy) is 1. The fourth-order valence-electron chi connectivity index (χ4n) is 1.96. The zero-order valence-electron chi connectivity index (χ0n) is 9.88. The normalized spacial score (nSPS) is 32.7. The van der Waals surface area contributed by atoms with Gasteiger partial charge in [-0.05, 0) is 19.4 Å². The first kappa shape index (κ1) is 11.9. The summed E-state index contributed by atoms with van der Waals surface area (Å²) in [4.78, 5) is 11.4. The summed E-state index contributed by atoms with van der Waals surface area (Å²) in [6.45, 7) is 3.14. The third kappa shape index (κ3) is 1.77. The molecule has 17 heavy (non-hydrogen) atoms. The summed E-state index contributed by atoms with van der Waals surface area (Å²) in [7, 11) is 0. The summed E-state index contributed by atoms with van der Waals surface area (Å²) in [6.07, 6.45) is -0.311. The molecule has 0 saturated carbocycles. The van der Waals surface area contributed by atoms with Crippen LogP contribution in [0.25, 0.3) is 0 Å². The fourth-order valence-corrected chi connectivity index (χ4v) is 1.96. The molecule has 1 saturated heterocycles. The summed E-state index contributed by atoms with van der Waals surface area (Å²) in [5.74, 6) is 5.49. The van der Waals surface area contributed by atoms with Gasteiger partial charge < -0.3 is 9.84 Å². The molecule has 2 rings (SSSR count). The molecule has 1 aliphatic heterocycles. The van der Waals surface area contributed by atoms with Crippen LogP contribution in [0, 0.1) is 0 Å². The standard InChI is InChI=1S/C12H16N2O3/c1-11(8-9-6-4-3-5-7-9)12(2,16)14(13)10(15)17-11/h3-7,16H,8,13H2,1-2H3/t11-,12+/m0/s1. The van der Waals surface area contributed by atoms with Crippen LogP contribution in [-0.2, 0) is 11.2 Å². The molecule has 0 bridgehead atoms. The highest BCUT2D eigenvalue weighted by atomic mass is 16.6. The number of aliphatic hydroxyl groups is 1. The highest BCUT2D eigenvalue weighted by molar-refractivity contribution is 5.71. The number of carbonyl (C=O) groups is 1. The highest BCUT2D eigenvalue weighted by Crippen LogP contribution is 2.37. The lowest BCUT2D eigenvalue weighted by Crippen LogP contribution is -2.58. The van der Waals surface area contributed by atoms with Crippen LogP contribution in [0.5, 0.6) is 0 Å². The van der Waals surface area contributed by atoms with Crippen LogP contribution >= 0.6 is 0 Å². The Morgan fingerprint density at radius 1 is 1.35 bits per heavy atom. The molecule has 0 aliphatic carbocycles. The van der Waals surface area contributed by atoms with Gasteiger partial charge in [-0.3, -0.25) is 0 Å². The number of hydrogen-bond acceptors (Lipinski definition) is 4. The molecule has 0 spiro atoms. The van der Waals surface area contributed by atoms with Gasteiger partial charge in [0.05, 0.1) is 0 Å². The first-order valence-corrected chi connectivity index (χ1v) is 5.41. The highest BCUT2D eigenvalue weighted by Gasteiger charge is 2.58. The van der Waals surface area contributed by atoms with E-state index >= 15 is 0 Å². The Balaban J connectivity index is 2.29. The second-order valence-electron chi connectivity index (χ2n) is 4.65. The maximum Gasteiger partial charge on any atom is 0.427 e. The van der Waals surface area contributed by atoms with E-state index in [-0.39, 0.29) is 0 Å². The molecule has 5 heteroatoms. The van der Waals surface area contributed by atoms with E-state index in [9.17, 15) is 9.90 Å². The van der Waals surface area contributed by atoms with Crippen molar-refractivity contribution >= 4 is 6.09 Å². The average Bonchev–Trinajstić information content (AvgIpc) is 2.41. The number of nitrogens with zero attached hydrogens (tertiary/aromatic N) is 1. The van der Waals surface area contributed by atoms with Crippen LogP contribution in [0.2, 0.25) is 0 Å². The first-order valence-electron chi connectivity index (χ1n) is 5.41. The second-order valence-corrected chi connectivity index (χ2v) is 4.65. The van der Waals surface area contributed by atoms with Crippen LogP contribution in [0.4, 0.5) is 4.79 Å². The largest absolute Gasteiger partial charge is 0.437 e. The zero-order valence-corrected chi connectivity index (χ0v) is 9.88. The Morgan fingerprint density at radius 3 is 2.41 bits per heavy atom. The predicted molar refractivity (Wildman–Crippen MR) is 61.7 cm³/mol. The van der Waals surface area contributed by atoms with E-state index in [4.69, 9.17) is 10.6 Å². The summed E-state index contributed by atoms with van der Waals surface area (Å²) in [5, 5.41) is 11.0. The van der Waals surface area contributed by atoms with Gasteiger partial charge in [-0.15, -0.1) is 0 Å². The van der Waals surface area contributed by atoms with Gasteiger partial charge >= 0.3 is 6.09 Å². The number of benzene rings is 1. The lowest BCUT2D eigenvalue weighted by molar-refractivity contribution is -0.136. The fraction of sp³-hybridized carbons (Fsp3) is 0.417. The van der Waals surface area contributed by atoms with Gasteiger partial charge in [0.1, 0.15) is 0 Å². The number of carbonyl (C=O) groups excluding carboxylic acids is 1. The predicted octanol–water partition coefficient (Wildman–Crippen LogP) is 1.02. The molecule has 1 fully saturated rings. The maximum absolute atomic E-state index is 11.4. The summed E-state index contributed by atoms with van der Waals surface area (Å²) in [6, 6.07) is 9.51. The Morgan fingerprint density at radius 2 is 1.94 bits per heavy atom. The molecule has 1 aromatic rings. The second kappa shape index (κ2) is 3.72. The van der Waals surface area contributed by atoms with Crippen LogP contribution < -0.4 is 5.84 Å². The van der Waals surface area contributed by atoms with E-state index in [1.54, 1.807) is 6.92 Å². The third-order valence-electron chi connectivity index (χ3n) is 3.36. The number of nitrogens with two attached hydrogens (primary N) is 1. The minimum Gasteiger partial charge on any atom is -0.437 e. The monoisotopic (exact) mass is 236 g/mol. The van der Waals surface area contributed by atoms with Crippen molar-refractivity contribution in [1.29, 1.82) is 0 Å². The van der Waals surface area contributed by atoms with E-state index in [0.29, 0.717) is 6.42 Å². The minimum absolute atomic E-state index is 0.403. The lowest BCUT2D eigenvalue weighted by Gasteiger charge is -2.35. The topological polar surface area (TPSA) is 75.8 Å². The summed E-state index contributed by atoms with van der Waals surface area (Å²) < 4.78 is 5.19. The lowest BCUT2D eigenvalue weighted by atomic mass is 9.87. The van der Waals surface area contributed by atoms with Crippen LogP contribution in [0.15, 0.2) is 30.3 Å². The van der Waals surface area contributed by atoms with E-state index < -0.39 is 17.4 Å². The number of hydrazine groups is 1. The average molecular weight is 236 g/mol. The van der Waals surface area contributed by atoms with Gasteiger partial charge in [0, 0.05) is 6.42 Å². The third-order valence-corrected chi connectivity index (χ3v) is 3.36. The van der Waals surface area contributed by atoms with Gasteiger partial charge in [-0.1, -0.05) is 30.3 Å². The quantitative estimate of drug-likeness (QED) is 0.594. The molecule has 2 atom stereocenters. The van der Waals surface area contributed by atoms with Crippen molar-refractivity contribution < 1.29 is 14.6 Å². The van der Waals surface area contributed by atoms with Gasteiger partial charge in [0.2, 0.25) is 0 Å². The molecule has 92 valence electrons. The van der Waals surface area contributed by atoms with Gasteiger partial charge in [0.25, 0.3) is 0 Å². The van der Waals surface area contributed by atoms with Crippen molar-refractivity contribution in [2.24, 2.45) is 5.84 Å². The van der Waals surface area contributed by atoms with Crippen molar-refractivity contribution in [1.82, 2.24) is 5.01 Å². The number of hydrogen-bond donors (Lipinski definition) is 2. The van der Waals surface area contributed by atoms with Gasteiger partial charge in [-0.25, -0.2) is 15.6 Å². The van der Waals surface area contributed by atoms with Crippen LogP contribution in [-0.4, -0.2) is 27.5 Å². The van der Waals surface area contributed by atoms with Crippen LogP contribution in [0.1, 0.15) is 19.4 Å². The molecular weight excluding hydrogens is 220 g/mol. The number of cyclic esters (lactones) is 1. The Kier molecular flexibility index (Phi) is 2.60. The minimum atomic E-state index is -1.53. The molecule has 5 nitrogen and oxygen atoms in total. The van der Waals surface area contributed by atoms with E-state index in [1.807, 2.05) is 30.3 Å².